The molecule has 1 amide bonds. The number of amides is 1. The molecule has 88 valence electrons. The van der Waals surface area contributed by atoms with Gasteiger partial charge >= 0.3 is 11.9 Å². The number of aliphatic carboxylic acids is 2. The van der Waals surface area contributed by atoms with Gasteiger partial charge in [0.2, 0.25) is 5.91 Å². The molecule has 6 heteroatoms. The number of hydrogen-bond acceptors (Lipinski definition) is 3. The zero-order valence-corrected chi connectivity index (χ0v) is 8.71. The summed E-state index contributed by atoms with van der Waals surface area (Å²) in [6.07, 6.45) is 5.17. The van der Waals surface area contributed by atoms with Crippen LogP contribution < -0.4 is 5.32 Å². The molecule has 0 bridgehead atoms. The maximum absolute atomic E-state index is 11.1. The van der Waals surface area contributed by atoms with Crippen LogP contribution in [0.2, 0.25) is 0 Å². The third-order valence-electron chi connectivity index (χ3n) is 1.54. The molecule has 0 saturated heterocycles. The molecule has 0 aromatic rings. The number of allylic oxidation sites excluding steroid dienone is 3. The Morgan fingerprint density at radius 1 is 1.25 bits per heavy atom. The van der Waals surface area contributed by atoms with Gasteiger partial charge in [-0.1, -0.05) is 18.2 Å². The maximum atomic E-state index is 11.1. The van der Waals surface area contributed by atoms with Crippen LogP contribution in [0.25, 0.3) is 0 Å². The highest BCUT2D eigenvalue weighted by molar-refractivity contribution is 5.92. The van der Waals surface area contributed by atoms with Gasteiger partial charge in [-0.25, -0.2) is 4.79 Å². The van der Waals surface area contributed by atoms with Crippen LogP contribution in [-0.2, 0) is 14.4 Å². The molecule has 0 saturated carbocycles. The van der Waals surface area contributed by atoms with Crippen molar-refractivity contribution in [3.63, 3.8) is 0 Å². The van der Waals surface area contributed by atoms with E-state index in [2.05, 4.69) is 5.32 Å². The lowest BCUT2D eigenvalue weighted by Crippen LogP contribution is -2.41. The molecule has 0 unspecified atom stereocenters. The molecule has 0 heterocycles. The summed E-state index contributed by atoms with van der Waals surface area (Å²) >= 11 is 0. The van der Waals surface area contributed by atoms with Crippen LogP contribution in [0.4, 0.5) is 0 Å². The molecule has 0 aliphatic rings. The van der Waals surface area contributed by atoms with E-state index in [4.69, 9.17) is 10.2 Å². The fourth-order valence-electron chi connectivity index (χ4n) is 0.849. The molecule has 0 aliphatic heterocycles. The van der Waals surface area contributed by atoms with E-state index in [-0.39, 0.29) is 0 Å². The fraction of sp³-hybridized carbons (Fsp3) is 0.300. The van der Waals surface area contributed by atoms with Gasteiger partial charge in [0.15, 0.2) is 0 Å². The zero-order valence-electron chi connectivity index (χ0n) is 8.71. The van der Waals surface area contributed by atoms with Gasteiger partial charge in [0.1, 0.15) is 6.04 Å². The van der Waals surface area contributed by atoms with E-state index in [0.29, 0.717) is 0 Å². The average molecular weight is 227 g/mol. The minimum atomic E-state index is -1.42. The highest BCUT2D eigenvalue weighted by atomic mass is 16.4. The standard InChI is InChI=1S/C10H13NO5/c1-2-3-4-5-8(12)11-7(10(15)16)6-9(13)14/h2-5,7H,6H2,1H3,(H,11,12)(H,13,14)(H,15,16)/b3-2+,5-4?/t7-/m0/s1. The molecule has 0 radical (unpaired) electrons. The first-order valence-corrected chi connectivity index (χ1v) is 4.51. The SMILES string of the molecule is C/C=C/C=CC(=O)N[C@@H](CC(=O)O)C(=O)O. The minimum Gasteiger partial charge on any atom is -0.481 e. The van der Waals surface area contributed by atoms with E-state index in [9.17, 15) is 14.4 Å². The second kappa shape index (κ2) is 7.22. The summed E-state index contributed by atoms with van der Waals surface area (Å²) < 4.78 is 0. The van der Waals surface area contributed by atoms with Crippen LogP contribution in [0.15, 0.2) is 24.3 Å². The van der Waals surface area contributed by atoms with Crippen LogP contribution in [0.3, 0.4) is 0 Å². The Morgan fingerprint density at radius 3 is 2.31 bits per heavy atom. The number of carbonyl (C=O) groups excluding carboxylic acids is 1. The Bertz CT molecular complexity index is 332. The molecule has 0 rings (SSSR count). The average Bonchev–Trinajstić information content (AvgIpc) is 2.16. The Kier molecular flexibility index (Phi) is 6.27. The maximum Gasteiger partial charge on any atom is 0.326 e. The number of hydrogen-bond donors (Lipinski definition) is 3. The zero-order chi connectivity index (χ0) is 12.6. The van der Waals surface area contributed by atoms with Crippen molar-refractivity contribution >= 4 is 17.8 Å². The Labute approximate surface area is 92.3 Å². The Hall–Kier alpha value is -2.11. The molecule has 3 N–H and O–H groups in total. The van der Waals surface area contributed by atoms with Crippen LogP contribution >= 0.6 is 0 Å². The van der Waals surface area contributed by atoms with Crippen molar-refractivity contribution in [1.82, 2.24) is 5.32 Å². The predicted octanol–water partition coefficient (Wildman–Crippen LogP) is 0.163. The quantitative estimate of drug-likeness (QED) is 0.443. The normalized spacial score (nSPS) is 12.8. The van der Waals surface area contributed by atoms with Crippen LogP contribution in [0.1, 0.15) is 13.3 Å². The molecule has 0 spiro atoms. The third-order valence-corrected chi connectivity index (χ3v) is 1.54. The van der Waals surface area contributed by atoms with E-state index in [1.807, 2.05) is 0 Å². The van der Waals surface area contributed by atoms with Crippen molar-refractivity contribution < 1.29 is 24.6 Å². The number of carboxylic acid groups (broad SMARTS) is 2. The van der Waals surface area contributed by atoms with Gasteiger partial charge in [0.25, 0.3) is 0 Å². The second-order valence-corrected chi connectivity index (χ2v) is 2.88. The topological polar surface area (TPSA) is 104 Å². The van der Waals surface area contributed by atoms with Crippen molar-refractivity contribution in [3.05, 3.63) is 24.3 Å². The van der Waals surface area contributed by atoms with Gasteiger partial charge < -0.3 is 15.5 Å². The summed E-state index contributed by atoms with van der Waals surface area (Å²) in [6, 6.07) is -1.42. The summed E-state index contributed by atoms with van der Waals surface area (Å²) in [7, 11) is 0. The second-order valence-electron chi connectivity index (χ2n) is 2.88. The first kappa shape index (κ1) is 13.9. The number of carboxylic acids is 2. The lowest BCUT2D eigenvalue weighted by atomic mass is 10.2. The molecule has 0 aliphatic carbocycles. The van der Waals surface area contributed by atoms with Crippen LogP contribution in [0, 0.1) is 0 Å². The van der Waals surface area contributed by atoms with Gasteiger partial charge in [0, 0.05) is 6.08 Å². The van der Waals surface area contributed by atoms with E-state index >= 15 is 0 Å². The summed E-state index contributed by atoms with van der Waals surface area (Å²) in [4.78, 5) is 32.0. The predicted molar refractivity (Wildman–Crippen MR) is 55.8 cm³/mol. The first-order chi connectivity index (χ1) is 7.47. The van der Waals surface area contributed by atoms with Gasteiger partial charge in [-0.05, 0) is 6.92 Å². The highest BCUT2D eigenvalue weighted by Gasteiger charge is 2.21. The number of rotatable bonds is 6. The highest BCUT2D eigenvalue weighted by Crippen LogP contribution is 1.93. The van der Waals surface area contributed by atoms with E-state index in [1.165, 1.54) is 6.08 Å². The van der Waals surface area contributed by atoms with Gasteiger partial charge in [-0.15, -0.1) is 0 Å². The van der Waals surface area contributed by atoms with Crippen molar-refractivity contribution in [2.45, 2.75) is 19.4 Å². The number of carbonyl (C=O) groups is 3. The van der Waals surface area contributed by atoms with Crippen LogP contribution in [0.5, 0.6) is 0 Å². The van der Waals surface area contributed by atoms with E-state index in [1.54, 1.807) is 19.1 Å². The van der Waals surface area contributed by atoms with Gasteiger partial charge in [-0.2, -0.15) is 0 Å². The largest absolute Gasteiger partial charge is 0.481 e. The summed E-state index contributed by atoms with van der Waals surface area (Å²) in [5.41, 5.74) is 0. The van der Waals surface area contributed by atoms with E-state index < -0.39 is 30.3 Å². The number of nitrogens with one attached hydrogen (secondary N) is 1. The summed E-state index contributed by atoms with van der Waals surface area (Å²) in [6.45, 7) is 1.76. The summed E-state index contributed by atoms with van der Waals surface area (Å²) in [5.74, 6) is -3.31. The molecule has 1 atom stereocenters. The fourth-order valence-corrected chi connectivity index (χ4v) is 0.849. The molecule has 6 nitrogen and oxygen atoms in total. The molecular formula is C10H13NO5. The van der Waals surface area contributed by atoms with Crippen molar-refractivity contribution in [2.24, 2.45) is 0 Å². The third kappa shape index (κ3) is 6.36. The van der Waals surface area contributed by atoms with Gasteiger partial charge in [0.05, 0.1) is 6.42 Å². The molecule has 0 aromatic carbocycles. The van der Waals surface area contributed by atoms with Crippen molar-refractivity contribution in [2.75, 3.05) is 0 Å². The lowest BCUT2D eigenvalue weighted by molar-refractivity contribution is -0.146. The molecule has 0 fully saturated rings. The van der Waals surface area contributed by atoms with Crippen molar-refractivity contribution in [3.8, 4) is 0 Å². The minimum absolute atomic E-state index is 0.647. The molecule has 16 heavy (non-hydrogen) atoms. The smallest absolute Gasteiger partial charge is 0.326 e. The monoisotopic (exact) mass is 227 g/mol. The Balaban J connectivity index is 4.34. The van der Waals surface area contributed by atoms with Crippen LogP contribution in [-0.4, -0.2) is 34.1 Å². The molecular weight excluding hydrogens is 214 g/mol. The first-order valence-electron chi connectivity index (χ1n) is 4.51. The molecule has 0 aromatic heterocycles. The lowest BCUT2D eigenvalue weighted by Gasteiger charge is -2.09. The summed E-state index contributed by atoms with van der Waals surface area (Å²) in [5, 5.41) is 19.1. The van der Waals surface area contributed by atoms with Gasteiger partial charge in [-0.3, -0.25) is 9.59 Å². The van der Waals surface area contributed by atoms with Crippen molar-refractivity contribution in [1.29, 1.82) is 0 Å². The van der Waals surface area contributed by atoms with E-state index in [0.717, 1.165) is 6.08 Å². The Morgan fingerprint density at radius 2 is 1.88 bits per heavy atom.